The Kier molecular flexibility index (Phi) is 4.89. The van der Waals surface area contributed by atoms with E-state index in [0.29, 0.717) is 12.1 Å². The Morgan fingerprint density at radius 1 is 1.57 bits per heavy atom. The van der Waals surface area contributed by atoms with Gasteiger partial charge in [-0.2, -0.15) is 5.10 Å². The molecule has 2 aromatic heterocycles. The summed E-state index contributed by atoms with van der Waals surface area (Å²) in [4.78, 5) is 23.2. The maximum absolute atomic E-state index is 12.1. The van der Waals surface area contributed by atoms with E-state index >= 15 is 0 Å². The third-order valence-electron chi connectivity index (χ3n) is 2.67. The monoisotopic (exact) mass is 305 g/mol. The van der Waals surface area contributed by atoms with Gasteiger partial charge in [0.05, 0.1) is 12.1 Å². The second-order valence-electron chi connectivity index (χ2n) is 4.51. The minimum atomic E-state index is -1.01. The predicted octanol–water partition coefficient (Wildman–Crippen LogP) is 1.86. The molecule has 6 nitrogen and oxygen atoms in total. The summed E-state index contributed by atoms with van der Waals surface area (Å²) in [6.07, 6.45) is 6.04. The number of nitrogens with zero attached hydrogens (tertiary/aromatic N) is 2. The molecule has 0 aromatic carbocycles. The van der Waals surface area contributed by atoms with Crippen molar-refractivity contribution in [2.75, 3.05) is 0 Å². The standard InChI is InChI=1S/C14H15N3O3S/c1-10(8-17-6-2-5-15-17)16-14(20)11-7-12(21-9-11)3-4-13(18)19/h2-7,9-10H,8H2,1H3,(H,16,20)(H,18,19). The molecular formula is C14H15N3O3S. The Bertz CT molecular complexity index is 646. The maximum atomic E-state index is 12.1. The van der Waals surface area contributed by atoms with Crippen LogP contribution in [0.2, 0.25) is 0 Å². The third kappa shape index (κ3) is 4.57. The van der Waals surface area contributed by atoms with Crippen molar-refractivity contribution >= 4 is 29.3 Å². The van der Waals surface area contributed by atoms with Gasteiger partial charge < -0.3 is 10.4 Å². The molecule has 2 heterocycles. The maximum Gasteiger partial charge on any atom is 0.328 e. The molecule has 0 aliphatic rings. The first-order valence-corrected chi connectivity index (χ1v) is 7.20. The zero-order chi connectivity index (χ0) is 15.2. The molecule has 7 heteroatoms. The predicted molar refractivity (Wildman–Crippen MR) is 80.1 cm³/mol. The van der Waals surface area contributed by atoms with Gasteiger partial charge in [0.2, 0.25) is 0 Å². The SMILES string of the molecule is CC(Cn1cccn1)NC(=O)c1csc(C=CC(=O)O)c1. The minimum absolute atomic E-state index is 0.0599. The van der Waals surface area contributed by atoms with E-state index in [2.05, 4.69) is 10.4 Å². The number of nitrogens with one attached hydrogen (secondary N) is 1. The van der Waals surface area contributed by atoms with Gasteiger partial charge >= 0.3 is 5.97 Å². The summed E-state index contributed by atoms with van der Waals surface area (Å²) in [5, 5.41) is 17.2. The van der Waals surface area contributed by atoms with E-state index in [1.54, 1.807) is 22.3 Å². The van der Waals surface area contributed by atoms with Crippen LogP contribution in [0.3, 0.4) is 0 Å². The molecule has 0 spiro atoms. The van der Waals surface area contributed by atoms with Crippen molar-refractivity contribution in [3.05, 3.63) is 46.4 Å². The van der Waals surface area contributed by atoms with Crippen molar-refractivity contribution in [1.29, 1.82) is 0 Å². The van der Waals surface area contributed by atoms with Crippen molar-refractivity contribution < 1.29 is 14.7 Å². The number of carboxylic acid groups (broad SMARTS) is 1. The Hall–Kier alpha value is -2.41. The first-order chi connectivity index (χ1) is 10.0. The summed E-state index contributed by atoms with van der Waals surface area (Å²) in [7, 11) is 0. The molecule has 0 radical (unpaired) electrons. The lowest BCUT2D eigenvalue weighted by atomic mass is 10.2. The quantitative estimate of drug-likeness (QED) is 0.798. The van der Waals surface area contributed by atoms with Crippen LogP contribution in [0.4, 0.5) is 0 Å². The Labute approximate surface area is 125 Å². The van der Waals surface area contributed by atoms with Crippen molar-refractivity contribution in [1.82, 2.24) is 15.1 Å². The van der Waals surface area contributed by atoms with Crippen LogP contribution in [-0.4, -0.2) is 32.8 Å². The van der Waals surface area contributed by atoms with Crippen molar-refractivity contribution in [2.45, 2.75) is 19.5 Å². The smallest absolute Gasteiger partial charge is 0.328 e. The molecule has 2 aromatic rings. The van der Waals surface area contributed by atoms with Crippen LogP contribution >= 0.6 is 11.3 Å². The van der Waals surface area contributed by atoms with Crippen molar-refractivity contribution in [3.63, 3.8) is 0 Å². The van der Waals surface area contributed by atoms with Gasteiger partial charge in [-0.3, -0.25) is 9.48 Å². The van der Waals surface area contributed by atoms with Crippen LogP contribution in [0.5, 0.6) is 0 Å². The normalized spacial score (nSPS) is 12.4. The number of thiophene rings is 1. The highest BCUT2D eigenvalue weighted by Gasteiger charge is 2.11. The van der Waals surface area contributed by atoms with Crippen LogP contribution in [0, 0.1) is 0 Å². The number of amides is 1. The van der Waals surface area contributed by atoms with Crippen LogP contribution in [0.25, 0.3) is 6.08 Å². The molecule has 1 unspecified atom stereocenters. The van der Waals surface area contributed by atoms with Gasteiger partial charge in [0.25, 0.3) is 5.91 Å². The number of aromatic nitrogens is 2. The summed E-state index contributed by atoms with van der Waals surface area (Å²) in [5.41, 5.74) is 0.525. The first kappa shape index (κ1) is 15.0. The molecule has 1 atom stereocenters. The molecule has 21 heavy (non-hydrogen) atoms. The number of rotatable bonds is 6. The zero-order valence-corrected chi connectivity index (χ0v) is 12.2. The molecule has 1 amide bonds. The van der Waals surface area contributed by atoms with Crippen LogP contribution in [0.15, 0.2) is 36.0 Å². The third-order valence-corrected chi connectivity index (χ3v) is 3.57. The molecule has 0 aliphatic heterocycles. The average molecular weight is 305 g/mol. The van der Waals surface area contributed by atoms with E-state index in [0.717, 1.165) is 11.0 Å². The Morgan fingerprint density at radius 2 is 2.38 bits per heavy atom. The largest absolute Gasteiger partial charge is 0.478 e. The second kappa shape index (κ2) is 6.85. The van der Waals surface area contributed by atoms with Gasteiger partial charge in [-0.15, -0.1) is 11.3 Å². The summed E-state index contributed by atoms with van der Waals surface area (Å²) in [5.74, 6) is -1.19. The van der Waals surface area contributed by atoms with E-state index in [4.69, 9.17) is 5.11 Å². The number of hydrogen-bond donors (Lipinski definition) is 2. The molecule has 2 N–H and O–H groups in total. The van der Waals surface area contributed by atoms with Gasteiger partial charge in [-0.1, -0.05) is 0 Å². The Morgan fingerprint density at radius 3 is 3.05 bits per heavy atom. The van der Waals surface area contributed by atoms with Gasteiger partial charge in [0.15, 0.2) is 0 Å². The summed E-state index contributed by atoms with van der Waals surface area (Å²) >= 11 is 1.32. The van der Waals surface area contributed by atoms with E-state index < -0.39 is 5.97 Å². The van der Waals surface area contributed by atoms with Gasteiger partial charge in [0, 0.05) is 34.8 Å². The fourth-order valence-corrected chi connectivity index (χ4v) is 2.53. The average Bonchev–Trinajstić information content (AvgIpc) is 3.06. The number of carboxylic acids is 1. The lowest BCUT2D eigenvalue weighted by Crippen LogP contribution is -2.35. The highest BCUT2D eigenvalue weighted by molar-refractivity contribution is 7.11. The number of carbonyl (C=O) groups excluding carboxylic acids is 1. The molecule has 0 aliphatic carbocycles. The number of hydrogen-bond acceptors (Lipinski definition) is 4. The number of aliphatic carboxylic acids is 1. The van der Waals surface area contributed by atoms with E-state index in [1.807, 2.05) is 19.2 Å². The molecule has 0 bridgehead atoms. The fourth-order valence-electron chi connectivity index (χ4n) is 1.75. The molecular weight excluding hydrogens is 290 g/mol. The minimum Gasteiger partial charge on any atom is -0.478 e. The van der Waals surface area contributed by atoms with Crippen LogP contribution < -0.4 is 5.32 Å². The van der Waals surface area contributed by atoms with Gasteiger partial charge in [0.1, 0.15) is 0 Å². The highest BCUT2D eigenvalue weighted by atomic mass is 32.1. The lowest BCUT2D eigenvalue weighted by molar-refractivity contribution is -0.131. The molecule has 0 saturated carbocycles. The van der Waals surface area contributed by atoms with E-state index in [9.17, 15) is 9.59 Å². The highest BCUT2D eigenvalue weighted by Crippen LogP contribution is 2.16. The Balaban J connectivity index is 1.92. The van der Waals surface area contributed by atoms with Gasteiger partial charge in [-0.25, -0.2) is 4.79 Å². The molecule has 0 saturated heterocycles. The second-order valence-corrected chi connectivity index (χ2v) is 5.45. The lowest BCUT2D eigenvalue weighted by Gasteiger charge is -2.13. The number of carbonyl (C=O) groups is 2. The van der Waals surface area contributed by atoms with Crippen LogP contribution in [-0.2, 0) is 11.3 Å². The van der Waals surface area contributed by atoms with Gasteiger partial charge in [-0.05, 0) is 25.1 Å². The topological polar surface area (TPSA) is 84.2 Å². The van der Waals surface area contributed by atoms with Crippen molar-refractivity contribution in [3.8, 4) is 0 Å². The summed E-state index contributed by atoms with van der Waals surface area (Å²) < 4.78 is 1.75. The van der Waals surface area contributed by atoms with Crippen LogP contribution in [0.1, 0.15) is 22.2 Å². The summed E-state index contributed by atoms with van der Waals surface area (Å²) in [6, 6.07) is 3.43. The van der Waals surface area contributed by atoms with Crippen molar-refractivity contribution in [2.24, 2.45) is 0 Å². The molecule has 0 fully saturated rings. The zero-order valence-electron chi connectivity index (χ0n) is 11.4. The first-order valence-electron chi connectivity index (χ1n) is 6.32. The molecule has 2 rings (SSSR count). The molecule has 110 valence electrons. The fraction of sp³-hybridized carbons (Fsp3) is 0.214. The van der Waals surface area contributed by atoms with E-state index in [1.165, 1.54) is 17.4 Å². The van der Waals surface area contributed by atoms with E-state index in [-0.39, 0.29) is 11.9 Å². The summed E-state index contributed by atoms with van der Waals surface area (Å²) in [6.45, 7) is 2.49.